The van der Waals surface area contributed by atoms with Gasteiger partial charge in [-0.25, -0.2) is 0 Å². The van der Waals surface area contributed by atoms with Crippen LogP contribution in [0.2, 0.25) is 0 Å². The Labute approximate surface area is 295 Å². The molecule has 11 aromatic rings. The Kier molecular flexibility index (Phi) is 6.02. The maximum absolute atomic E-state index is 4.73. The molecule has 0 N–H and O–H groups in total. The first-order valence-electron chi connectivity index (χ1n) is 16.9. The monoisotopic (exact) mass is 670 g/mol. The normalized spacial score (nSPS) is 11.9. The molecule has 11 rings (SSSR count). The first kappa shape index (κ1) is 28.2. The van der Waals surface area contributed by atoms with Crippen molar-refractivity contribution in [3.05, 3.63) is 158 Å². The third kappa shape index (κ3) is 4.16. The van der Waals surface area contributed by atoms with Crippen LogP contribution in [0.25, 0.3) is 97.7 Å². The summed E-state index contributed by atoms with van der Waals surface area (Å²) < 4.78 is 5.73. The number of nitrogens with zero attached hydrogens (tertiary/aromatic N) is 6. The van der Waals surface area contributed by atoms with Gasteiger partial charge in [0, 0.05) is 61.8 Å². The number of rotatable bonds is 4. The maximum atomic E-state index is 4.73. The molecular weight excluding hydrogens is 645 g/mol. The van der Waals surface area contributed by atoms with E-state index in [0.29, 0.717) is 0 Å². The van der Waals surface area contributed by atoms with Gasteiger partial charge in [-0.1, -0.05) is 84.9 Å². The van der Waals surface area contributed by atoms with Crippen LogP contribution in [0.4, 0.5) is 0 Å². The van der Waals surface area contributed by atoms with Gasteiger partial charge in [-0.2, -0.15) is 0 Å². The summed E-state index contributed by atoms with van der Waals surface area (Å²) in [5, 5.41) is 20.4. The number of thiophene rings is 1. The highest BCUT2D eigenvalue weighted by molar-refractivity contribution is 7.25. The summed E-state index contributed by atoms with van der Waals surface area (Å²) in [5.41, 5.74) is 10.9. The summed E-state index contributed by atoms with van der Waals surface area (Å²) >= 11 is 1.61. The van der Waals surface area contributed by atoms with Crippen LogP contribution in [0.1, 0.15) is 0 Å². The number of benzene rings is 6. The van der Waals surface area contributed by atoms with Crippen LogP contribution in [0.5, 0.6) is 0 Å². The molecule has 0 unspecified atom stereocenters. The zero-order valence-electron chi connectivity index (χ0n) is 27.1. The zero-order chi connectivity index (χ0) is 33.5. The number of hydrogen-bond acceptors (Lipinski definition) is 5. The standard InChI is InChI=1S/C44H26N6S/c1-3-11-29(12-4-1)49-36-17-9-7-15-31(36)33-23-27(19-21-38(33)49)35-25-45-26-40-41(35)42-43(46-48-47-44(42)51-40)28-20-22-39-34(24-28)32-16-8-10-18-37(32)50(39)30-13-5-2-6-14-30/h1-26H. The van der Waals surface area contributed by atoms with Crippen LogP contribution in [0.3, 0.4) is 0 Å². The first-order valence-corrected chi connectivity index (χ1v) is 17.7. The van der Waals surface area contributed by atoms with Crippen LogP contribution in [-0.4, -0.2) is 29.5 Å². The van der Waals surface area contributed by atoms with E-state index in [-0.39, 0.29) is 0 Å². The molecule has 0 aliphatic carbocycles. The van der Waals surface area contributed by atoms with Gasteiger partial charge >= 0.3 is 0 Å². The fraction of sp³-hybridized carbons (Fsp3) is 0. The molecule has 0 bridgehead atoms. The molecule has 0 radical (unpaired) electrons. The van der Waals surface area contributed by atoms with Gasteiger partial charge in [-0.05, 0) is 71.4 Å². The first-order chi connectivity index (χ1) is 25.3. The molecule has 238 valence electrons. The summed E-state index contributed by atoms with van der Waals surface area (Å²) in [6.45, 7) is 0. The Morgan fingerprint density at radius 1 is 0.451 bits per heavy atom. The predicted molar refractivity (Wildman–Crippen MR) is 210 cm³/mol. The van der Waals surface area contributed by atoms with Crippen LogP contribution < -0.4 is 0 Å². The third-order valence-electron chi connectivity index (χ3n) is 10.1. The Balaban J connectivity index is 1.15. The minimum Gasteiger partial charge on any atom is -0.309 e. The quantitative estimate of drug-likeness (QED) is 0.187. The van der Waals surface area contributed by atoms with Crippen molar-refractivity contribution in [3.8, 4) is 33.8 Å². The minimum atomic E-state index is 0.818. The molecule has 0 aliphatic rings. The highest BCUT2D eigenvalue weighted by Gasteiger charge is 2.21. The van der Waals surface area contributed by atoms with Crippen LogP contribution in [0, 0.1) is 0 Å². The van der Waals surface area contributed by atoms with E-state index >= 15 is 0 Å². The molecule has 5 aromatic heterocycles. The number of aromatic nitrogens is 6. The van der Waals surface area contributed by atoms with E-state index in [0.717, 1.165) is 65.1 Å². The molecule has 0 saturated carbocycles. The lowest BCUT2D eigenvalue weighted by molar-refractivity contribution is 0.906. The molecule has 0 spiro atoms. The molecule has 7 heteroatoms. The van der Waals surface area contributed by atoms with E-state index in [2.05, 4.69) is 165 Å². The fourth-order valence-electron chi connectivity index (χ4n) is 7.88. The second kappa shape index (κ2) is 10.9. The lowest BCUT2D eigenvalue weighted by Gasteiger charge is -2.09. The highest BCUT2D eigenvalue weighted by atomic mass is 32.1. The van der Waals surface area contributed by atoms with Crippen molar-refractivity contribution in [1.82, 2.24) is 29.5 Å². The number of para-hydroxylation sites is 4. The molecule has 0 atom stereocenters. The maximum Gasteiger partial charge on any atom is 0.151 e. The average Bonchev–Trinajstić information content (AvgIpc) is 3.86. The topological polar surface area (TPSA) is 61.4 Å². The lowest BCUT2D eigenvalue weighted by Crippen LogP contribution is -1.94. The fourth-order valence-corrected chi connectivity index (χ4v) is 8.89. The summed E-state index contributed by atoms with van der Waals surface area (Å²) in [5.74, 6) is 0. The van der Waals surface area contributed by atoms with E-state index in [1.807, 2.05) is 12.4 Å². The van der Waals surface area contributed by atoms with Gasteiger partial charge in [0.05, 0.1) is 32.2 Å². The zero-order valence-corrected chi connectivity index (χ0v) is 27.9. The highest BCUT2D eigenvalue weighted by Crippen LogP contribution is 2.44. The van der Waals surface area contributed by atoms with Crippen LogP contribution in [0.15, 0.2) is 158 Å². The van der Waals surface area contributed by atoms with E-state index in [4.69, 9.17) is 10.1 Å². The summed E-state index contributed by atoms with van der Waals surface area (Å²) in [6.07, 6.45) is 3.92. The minimum absolute atomic E-state index is 0.818. The van der Waals surface area contributed by atoms with Gasteiger partial charge < -0.3 is 9.13 Å². The van der Waals surface area contributed by atoms with Crippen molar-refractivity contribution < 1.29 is 0 Å². The molecule has 5 heterocycles. The van der Waals surface area contributed by atoms with E-state index < -0.39 is 0 Å². The molecule has 0 saturated heterocycles. The van der Waals surface area contributed by atoms with Crippen molar-refractivity contribution in [1.29, 1.82) is 0 Å². The van der Waals surface area contributed by atoms with Crippen molar-refractivity contribution in [2.45, 2.75) is 0 Å². The van der Waals surface area contributed by atoms with Crippen molar-refractivity contribution >= 4 is 75.3 Å². The molecule has 51 heavy (non-hydrogen) atoms. The van der Waals surface area contributed by atoms with Crippen molar-refractivity contribution in [3.63, 3.8) is 0 Å². The molecule has 0 fully saturated rings. The third-order valence-corrected chi connectivity index (χ3v) is 11.1. The molecular formula is C44H26N6S. The molecule has 6 aromatic carbocycles. The second-order valence-electron chi connectivity index (χ2n) is 12.8. The summed E-state index contributed by atoms with van der Waals surface area (Å²) in [4.78, 5) is 5.57. The van der Waals surface area contributed by atoms with Gasteiger partial charge in [0.2, 0.25) is 0 Å². The Morgan fingerprint density at radius 2 is 1.00 bits per heavy atom. The summed E-state index contributed by atoms with van der Waals surface area (Å²) in [7, 11) is 0. The number of hydrogen-bond donors (Lipinski definition) is 0. The Morgan fingerprint density at radius 3 is 1.65 bits per heavy atom. The molecule has 0 amide bonds. The van der Waals surface area contributed by atoms with E-state index in [9.17, 15) is 0 Å². The number of pyridine rings is 1. The molecule has 0 aliphatic heterocycles. The van der Waals surface area contributed by atoms with Crippen molar-refractivity contribution in [2.24, 2.45) is 0 Å². The Bertz CT molecular complexity index is 2930. The van der Waals surface area contributed by atoms with Gasteiger partial charge in [0.25, 0.3) is 0 Å². The van der Waals surface area contributed by atoms with E-state index in [1.165, 1.54) is 32.6 Å². The smallest absolute Gasteiger partial charge is 0.151 e. The molecule has 6 nitrogen and oxygen atoms in total. The Hall–Kier alpha value is -6.70. The predicted octanol–water partition coefficient (Wildman–Crippen LogP) is 11.2. The summed E-state index contributed by atoms with van der Waals surface area (Å²) in [6, 6.07) is 51.7. The van der Waals surface area contributed by atoms with Gasteiger partial charge in [-0.3, -0.25) is 4.98 Å². The largest absolute Gasteiger partial charge is 0.309 e. The van der Waals surface area contributed by atoms with Gasteiger partial charge in [0.15, 0.2) is 4.83 Å². The van der Waals surface area contributed by atoms with Crippen LogP contribution in [-0.2, 0) is 0 Å². The van der Waals surface area contributed by atoms with Gasteiger partial charge in [-0.15, -0.1) is 21.5 Å². The van der Waals surface area contributed by atoms with Crippen LogP contribution >= 0.6 is 11.3 Å². The number of fused-ring (bicyclic) bond motifs is 9. The lowest BCUT2D eigenvalue weighted by atomic mass is 9.98. The SMILES string of the molecule is c1ccc(-n2c3ccccc3c3cc(-c4cncc5sc6nnnc(-c7ccc8c(c7)c7ccccc7n8-c7ccccc7)c6c45)ccc32)cc1. The average molecular weight is 671 g/mol. The second-order valence-corrected chi connectivity index (χ2v) is 13.9. The van der Waals surface area contributed by atoms with Crippen molar-refractivity contribution in [2.75, 3.05) is 0 Å². The van der Waals surface area contributed by atoms with Gasteiger partial charge in [0.1, 0.15) is 5.69 Å². The van der Waals surface area contributed by atoms with E-state index in [1.54, 1.807) is 11.3 Å².